The number of ether oxygens (including phenoxy) is 2. The van der Waals surface area contributed by atoms with Crippen LogP contribution in [0.3, 0.4) is 0 Å². The van der Waals surface area contributed by atoms with Gasteiger partial charge in [-0.15, -0.1) is 10.2 Å². The van der Waals surface area contributed by atoms with E-state index in [2.05, 4.69) is 20.8 Å². The fourth-order valence-electron chi connectivity index (χ4n) is 2.60. The molecule has 0 aliphatic heterocycles. The first kappa shape index (κ1) is 23.4. The summed E-state index contributed by atoms with van der Waals surface area (Å²) in [4.78, 5) is 24.5. The Morgan fingerprint density at radius 1 is 1.09 bits per heavy atom. The van der Waals surface area contributed by atoms with Crippen LogP contribution in [0, 0.1) is 6.92 Å². The third-order valence-electron chi connectivity index (χ3n) is 4.28. The molecule has 32 heavy (non-hydrogen) atoms. The van der Waals surface area contributed by atoms with Crippen LogP contribution in [0.25, 0.3) is 0 Å². The van der Waals surface area contributed by atoms with Gasteiger partial charge in [-0.05, 0) is 42.8 Å². The van der Waals surface area contributed by atoms with E-state index < -0.39 is 0 Å². The van der Waals surface area contributed by atoms with Gasteiger partial charge < -0.3 is 24.5 Å². The maximum atomic E-state index is 12.4. The predicted molar refractivity (Wildman–Crippen MR) is 121 cm³/mol. The minimum absolute atomic E-state index is 0.0365. The summed E-state index contributed by atoms with van der Waals surface area (Å²) in [7, 11) is 3.01. The van der Waals surface area contributed by atoms with Crippen LogP contribution >= 0.6 is 23.4 Å². The number of amides is 2. The molecule has 0 aliphatic rings. The molecule has 0 saturated carbocycles. The zero-order chi connectivity index (χ0) is 23.1. The molecule has 2 aromatic carbocycles. The van der Waals surface area contributed by atoms with Gasteiger partial charge in [-0.3, -0.25) is 9.59 Å². The molecular formula is C21H21ClN4O5S. The highest BCUT2D eigenvalue weighted by Gasteiger charge is 2.14. The van der Waals surface area contributed by atoms with Gasteiger partial charge in [0.2, 0.25) is 11.8 Å². The minimum atomic E-state index is -0.338. The van der Waals surface area contributed by atoms with E-state index in [0.717, 1.165) is 17.3 Å². The first-order valence-corrected chi connectivity index (χ1v) is 10.8. The number of carbonyl (C=O) groups excluding carboxylic acids is 2. The molecule has 0 unspecified atom stereocenters. The topological polar surface area (TPSA) is 116 Å². The number of thioether (sulfide) groups is 1. The maximum absolute atomic E-state index is 12.4. The van der Waals surface area contributed by atoms with E-state index in [-0.39, 0.29) is 35.2 Å². The van der Waals surface area contributed by atoms with Crippen LogP contribution in [0.15, 0.2) is 46.0 Å². The molecule has 2 amide bonds. The lowest BCUT2D eigenvalue weighted by molar-refractivity contribution is -0.113. The zero-order valence-corrected chi connectivity index (χ0v) is 19.2. The van der Waals surface area contributed by atoms with Crippen molar-refractivity contribution in [1.82, 2.24) is 15.5 Å². The normalized spacial score (nSPS) is 10.5. The molecule has 0 atom stereocenters. The Kier molecular flexibility index (Phi) is 7.96. The van der Waals surface area contributed by atoms with Crippen LogP contribution in [0.4, 0.5) is 5.69 Å². The minimum Gasteiger partial charge on any atom is -0.493 e. The molecule has 1 heterocycles. The van der Waals surface area contributed by atoms with E-state index in [9.17, 15) is 9.59 Å². The first-order chi connectivity index (χ1) is 15.4. The quantitative estimate of drug-likeness (QED) is 0.449. The summed E-state index contributed by atoms with van der Waals surface area (Å²) in [6.45, 7) is 1.92. The molecule has 0 radical (unpaired) electrons. The molecular weight excluding hydrogens is 456 g/mol. The Hall–Kier alpha value is -3.24. The van der Waals surface area contributed by atoms with E-state index in [1.165, 1.54) is 14.2 Å². The lowest BCUT2D eigenvalue weighted by Gasteiger charge is -2.09. The van der Waals surface area contributed by atoms with E-state index in [4.69, 9.17) is 25.5 Å². The van der Waals surface area contributed by atoms with Crippen molar-refractivity contribution < 1.29 is 23.5 Å². The molecule has 1 aromatic heterocycles. The lowest BCUT2D eigenvalue weighted by Crippen LogP contribution is -2.23. The number of halogens is 1. The van der Waals surface area contributed by atoms with Gasteiger partial charge in [-0.1, -0.05) is 29.4 Å². The molecule has 0 spiro atoms. The number of nitrogens with one attached hydrogen (secondary N) is 2. The average Bonchev–Trinajstić information content (AvgIpc) is 3.26. The van der Waals surface area contributed by atoms with Crippen LogP contribution in [-0.4, -0.2) is 42.0 Å². The monoisotopic (exact) mass is 476 g/mol. The Balaban J connectivity index is 1.48. The van der Waals surface area contributed by atoms with Gasteiger partial charge in [0.15, 0.2) is 11.5 Å². The summed E-state index contributed by atoms with van der Waals surface area (Å²) in [6, 6.07) is 10.1. The molecule has 0 fully saturated rings. The fraction of sp³-hybridized carbons (Fsp3) is 0.238. The van der Waals surface area contributed by atoms with E-state index in [0.29, 0.717) is 27.8 Å². The smallest absolute Gasteiger partial charge is 0.277 e. The summed E-state index contributed by atoms with van der Waals surface area (Å²) in [5.41, 5.74) is 1.93. The predicted octanol–water partition coefficient (Wildman–Crippen LogP) is 3.71. The summed E-state index contributed by atoms with van der Waals surface area (Å²) < 4.78 is 15.8. The van der Waals surface area contributed by atoms with E-state index in [1.807, 2.05) is 13.0 Å². The van der Waals surface area contributed by atoms with Gasteiger partial charge in [0, 0.05) is 16.3 Å². The molecule has 168 valence electrons. The average molecular weight is 477 g/mol. The second-order valence-electron chi connectivity index (χ2n) is 6.51. The van der Waals surface area contributed by atoms with Gasteiger partial charge >= 0.3 is 0 Å². The van der Waals surface area contributed by atoms with Crippen LogP contribution in [-0.2, 0) is 11.3 Å². The van der Waals surface area contributed by atoms with Crippen LogP contribution < -0.4 is 20.1 Å². The highest BCUT2D eigenvalue weighted by atomic mass is 35.5. The van der Waals surface area contributed by atoms with Crippen molar-refractivity contribution >= 4 is 40.9 Å². The SMILES string of the molecule is COc1ccc(C(=O)NCc2nnc(SCC(=O)Nc3ccc(C)c(Cl)c3)o2)cc1OC. The van der Waals surface area contributed by atoms with Crippen LogP contribution in [0.2, 0.25) is 5.02 Å². The standard InChI is InChI=1S/C21H21ClN4O5S/c1-12-4-6-14(9-15(12)22)24-18(27)11-32-21-26-25-19(31-21)10-23-20(28)13-5-7-16(29-2)17(8-13)30-3/h4-9H,10-11H2,1-3H3,(H,23,28)(H,24,27). The first-order valence-electron chi connectivity index (χ1n) is 9.41. The lowest BCUT2D eigenvalue weighted by atomic mass is 10.2. The Morgan fingerprint density at radius 3 is 2.59 bits per heavy atom. The molecule has 11 heteroatoms. The zero-order valence-electron chi connectivity index (χ0n) is 17.6. The second kappa shape index (κ2) is 10.9. The Bertz CT molecular complexity index is 1120. The molecule has 0 bridgehead atoms. The van der Waals surface area contributed by atoms with Gasteiger partial charge in [0.1, 0.15) is 0 Å². The number of carbonyl (C=O) groups is 2. The van der Waals surface area contributed by atoms with E-state index in [1.54, 1.807) is 30.3 Å². The van der Waals surface area contributed by atoms with Gasteiger partial charge in [-0.2, -0.15) is 0 Å². The van der Waals surface area contributed by atoms with Gasteiger partial charge in [0.05, 0.1) is 26.5 Å². The van der Waals surface area contributed by atoms with Crippen molar-refractivity contribution in [2.45, 2.75) is 18.7 Å². The number of benzene rings is 2. The highest BCUT2D eigenvalue weighted by molar-refractivity contribution is 7.99. The summed E-state index contributed by atoms with van der Waals surface area (Å²) >= 11 is 7.15. The van der Waals surface area contributed by atoms with Crippen molar-refractivity contribution in [2.24, 2.45) is 0 Å². The van der Waals surface area contributed by atoms with Gasteiger partial charge in [-0.25, -0.2) is 0 Å². The molecule has 0 saturated heterocycles. The van der Waals surface area contributed by atoms with Crippen LogP contribution in [0.1, 0.15) is 21.8 Å². The number of hydrogen-bond acceptors (Lipinski definition) is 8. The number of nitrogens with zero attached hydrogens (tertiary/aromatic N) is 2. The highest BCUT2D eigenvalue weighted by Crippen LogP contribution is 2.27. The van der Waals surface area contributed by atoms with Gasteiger partial charge in [0.25, 0.3) is 11.1 Å². The Labute approximate surface area is 193 Å². The van der Waals surface area contributed by atoms with Crippen molar-refractivity contribution in [3.63, 3.8) is 0 Å². The number of aryl methyl sites for hydroxylation is 1. The summed E-state index contributed by atoms with van der Waals surface area (Å²) in [5.74, 6) is 0.684. The summed E-state index contributed by atoms with van der Waals surface area (Å²) in [6.07, 6.45) is 0. The van der Waals surface area contributed by atoms with E-state index >= 15 is 0 Å². The largest absolute Gasteiger partial charge is 0.493 e. The van der Waals surface area contributed by atoms with Crippen molar-refractivity contribution in [3.8, 4) is 11.5 Å². The molecule has 2 N–H and O–H groups in total. The van der Waals surface area contributed by atoms with Crippen molar-refractivity contribution in [1.29, 1.82) is 0 Å². The number of aromatic nitrogens is 2. The third kappa shape index (κ3) is 6.14. The molecule has 9 nitrogen and oxygen atoms in total. The van der Waals surface area contributed by atoms with Crippen LogP contribution in [0.5, 0.6) is 11.5 Å². The fourth-order valence-corrected chi connectivity index (χ4v) is 3.36. The molecule has 3 rings (SSSR count). The third-order valence-corrected chi connectivity index (χ3v) is 5.50. The Morgan fingerprint density at radius 2 is 1.88 bits per heavy atom. The maximum Gasteiger partial charge on any atom is 0.277 e. The van der Waals surface area contributed by atoms with Crippen molar-refractivity contribution in [3.05, 3.63) is 58.4 Å². The number of methoxy groups -OCH3 is 2. The second-order valence-corrected chi connectivity index (χ2v) is 7.85. The number of hydrogen-bond donors (Lipinski definition) is 2. The molecule has 3 aromatic rings. The van der Waals surface area contributed by atoms with Crippen molar-refractivity contribution in [2.75, 3.05) is 25.3 Å². The number of rotatable bonds is 9. The molecule has 0 aliphatic carbocycles. The number of anilines is 1. The summed E-state index contributed by atoms with van der Waals surface area (Å²) in [5, 5.41) is 14.0.